The molecule has 112 valence electrons. The predicted octanol–water partition coefficient (Wildman–Crippen LogP) is 2.29. The van der Waals surface area contributed by atoms with Crippen LogP contribution < -0.4 is 0 Å². The number of nitrogens with zero attached hydrogens (tertiary/aromatic N) is 3. The molecule has 21 heavy (non-hydrogen) atoms. The summed E-state index contributed by atoms with van der Waals surface area (Å²) in [5.74, 6) is 0.897. The van der Waals surface area contributed by atoms with Gasteiger partial charge in [0.25, 0.3) is 0 Å². The van der Waals surface area contributed by atoms with Crippen molar-refractivity contribution < 1.29 is 8.42 Å². The second kappa shape index (κ2) is 5.60. The van der Waals surface area contributed by atoms with Crippen LogP contribution in [0, 0.1) is 0 Å². The van der Waals surface area contributed by atoms with Gasteiger partial charge in [0, 0.05) is 6.54 Å². The van der Waals surface area contributed by atoms with E-state index < -0.39 is 9.84 Å². The van der Waals surface area contributed by atoms with Gasteiger partial charge in [0.2, 0.25) is 0 Å². The van der Waals surface area contributed by atoms with Crippen LogP contribution in [0.5, 0.6) is 0 Å². The average Bonchev–Trinajstić information content (AvgIpc) is 3.19. The lowest BCUT2D eigenvalue weighted by atomic mass is 10.1. The van der Waals surface area contributed by atoms with Crippen molar-refractivity contribution in [2.75, 3.05) is 0 Å². The second-order valence-electron chi connectivity index (χ2n) is 5.52. The van der Waals surface area contributed by atoms with Crippen LogP contribution in [0.25, 0.3) is 0 Å². The van der Waals surface area contributed by atoms with Crippen molar-refractivity contribution in [3.8, 4) is 0 Å². The van der Waals surface area contributed by atoms with E-state index in [9.17, 15) is 8.42 Å². The number of rotatable bonds is 6. The summed E-state index contributed by atoms with van der Waals surface area (Å²) in [7, 11) is -3.25. The number of benzene rings is 1. The molecule has 5 nitrogen and oxygen atoms in total. The molecule has 1 aliphatic carbocycles. The molecule has 0 spiro atoms. The fourth-order valence-corrected chi connectivity index (χ4v) is 3.86. The third-order valence-electron chi connectivity index (χ3n) is 3.70. The van der Waals surface area contributed by atoms with Gasteiger partial charge in [0.05, 0.1) is 5.75 Å². The van der Waals surface area contributed by atoms with Crippen LogP contribution in [-0.2, 0) is 27.9 Å². The van der Waals surface area contributed by atoms with Gasteiger partial charge in [0.1, 0.15) is 12.1 Å². The maximum atomic E-state index is 12.4. The lowest BCUT2D eigenvalue weighted by Crippen LogP contribution is -2.10. The SMILES string of the molecule is CCn1cnc(CS(=O)(=O)Cc2ccccc2C2CC2)n1. The first-order chi connectivity index (χ1) is 10.1. The third kappa shape index (κ3) is 3.50. The summed E-state index contributed by atoms with van der Waals surface area (Å²) >= 11 is 0. The number of sulfone groups is 1. The molecule has 1 heterocycles. The van der Waals surface area contributed by atoms with Crippen molar-refractivity contribution >= 4 is 9.84 Å². The van der Waals surface area contributed by atoms with E-state index in [-0.39, 0.29) is 11.5 Å². The lowest BCUT2D eigenvalue weighted by Gasteiger charge is -2.08. The van der Waals surface area contributed by atoms with E-state index in [1.165, 1.54) is 18.4 Å². The van der Waals surface area contributed by atoms with Gasteiger partial charge in [-0.1, -0.05) is 24.3 Å². The van der Waals surface area contributed by atoms with Gasteiger partial charge in [-0.05, 0) is 36.8 Å². The Bertz CT molecular complexity index is 733. The Labute approximate surface area is 124 Å². The summed E-state index contributed by atoms with van der Waals surface area (Å²) in [5.41, 5.74) is 2.11. The fourth-order valence-electron chi connectivity index (χ4n) is 2.49. The maximum Gasteiger partial charge on any atom is 0.165 e. The van der Waals surface area contributed by atoms with Gasteiger partial charge in [-0.3, -0.25) is 4.68 Å². The highest BCUT2D eigenvalue weighted by molar-refractivity contribution is 7.89. The van der Waals surface area contributed by atoms with Gasteiger partial charge < -0.3 is 0 Å². The normalized spacial score (nSPS) is 15.3. The van der Waals surface area contributed by atoms with Crippen molar-refractivity contribution in [3.63, 3.8) is 0 Å². The first-order valence-electron chi connectivity index (χ1n) is 7.24. The zero-order valence-corrected chi connectivity index (χ0v) is 12.9. The Morgan fingerprint density at radius 3 is 2.67 bits per heavy atom. The van der Waals surface area contributed by atoms with Crippen LogP contribution in [0.2, 0.25) is 0 Å². The monoisotopic (exact) mass is 305 g/mol. The Kier molecular flexibility index (Phi) is 3.80. The van der Waals surface area contributed by atoms with Crippen LogP contribution in [0.1, 0.15) is 42.6 Å². The molecule has 0 aliphatic heterocycles. The van der Waals surface area contributed by atoms with Gasteiger partial charge in [-0.15, -0.1) is 0 Å². The summed E-state index contributed by atoms with van der Waals surface area (Å²) in [5, 5.41) is 4.15. The summed E-state index contributed by atoms with van der Waals surface area (Å²) < 4.78 is 26.4. The van der Waals surface area contributed by atoms with Crippen molar-refractivity contribution in [3.05, 3.63) is 47.5 Å². The lowest BCUT2D eigenvalue weighted by molar-refractivity contribution is 0.591. The zero-order chi connectivity index (χ0) is 14.9. The first-order valence-corrected chi connectivity index (χ1v) is 9.06. The molecule has 0 N–H and O–H groups in total. The Hall–Kier alpha value is -1.69. The predicted molar refractivity (Wildman–Crippen MR) is 80.4 cm³/mol. The smallest absolute Gasteiger partial charge is 0.165 e. The highest BCUT2D eigenvalue weighted by Crippen LogP contribution is 2.41. The quantitative estimate of drug-likeness (QED) is 0.821. The highest BCUT2D eigenvalue weighted by Gasteiger charge is 2.27. The molecule has 0 amide bonds. The molecule has 2 aromatic rings. The van der Waals surface area contributed by atoms with E-state index in [0.29, 0.717) is 18.3 Å². The van der Waals surface area contributed by atoms with E-state index in [1.54, 1.807) is 11.0 Å². The standard InChI is InChI=1S/C15H19N3O2S/c1-2-18-11-16-15(17-18)10-21(19,20)9-13-5-3-4-6-14(13)12-7-8-12/h3-6,11-12H,2,7-10H2,1H3. The minimum atomic E-state index is -3.25. The molecule has 0 atom stereocenters. The van der Waals surface area contributed by atoms with E-state index in [4.69, 9.17) is 0 Å². The Morgan fingerprint density at radius 1 is 1.24 bits per heavy atom. The zero-order valence-electron chi connectivity index (χ0n) is 12.1. The van der Waals surface area contributed by atoms with E-state index in [1.807, 2.05) is 31.2 Å². The Morgan fingerprint density at radius 2 is 2.00 bits per heavy atom. The molecule has 1 fully saturated rings. The van der Waals surface area contributed by atoms with Crippen molar-refractivity contribution in [2.45, 2.75) is 43.7 Å². The molecule has 0 saturated heterocycles. The number of aromatic nitrogens is 3. The Balaban J connectivity index is 1.76. The molecule has 0 bridgehead atoms. The van der Waals surface area contributed by atoms with Gasteiger partial charge in [-0.2, -0.15) is 5.10 Å². The average molecular weight is 305 g/mol. The summed E-state index contributed by atoms with van der Waals surface area (Å²) in [4.78, 5) is 4.06. The highest BCUT2D eigenvalue weighted by atomic mass is 32.2. The van der Waals surface area contributed by atoms with E-state index >= 15 is 0 Å². The molecule has 0 radical (unpaired) electrons. The van der Waals surface area contributed by atoms with Crippen LogP contribution in [-0.4, -0.2) is 23.2 Å². The third-order valence-corrected chi connectivity index (χ3v) is 5.15. The first kappa shape index (κ1) is 14.3. The van der Waals surface area contributed by atoms with Gasteiger partial charge in [-0.25, -0.2) is 13.4 Å². The molecule has 0 unspecified atom stereocenters. The molecule has 1 aliphatic rings. The maximum absolute atomic E-state index is 12.4. The van der Waals surface area contributed by atoms with Crippen molar-refractivity contribution in [1.29, 1.82) is 0 Å². The fraction of sp³-hybridized carbons (Fsp3) is 0.467. The van der Waals surface area contributed by atoms with Crippen LogP contribution >= 0.6 is 0 Å². The molecule has 3 rings (SSSR count). The van der Waals surface area contributed by atoms with Crippen molar-refractivity contribution in [2.24, 2.45) is 0 Å². The van der Waals surface area contributed by atoms with Crippen LogP contribution in [0.3, 0.4) is 0 Å². The second-order valence-corrected chi connectivity index (χ2v) is 7.59. The molecular weight excluding hydrogens is 286 g/mol. The van der Waals surface area contributed by atoms with E-state index in [0.717, 1.165) is 5.56 Å². The van der Waals surface area contributed by atoms with Gasteiger partial charge in [0.15, 0.2) is 15.7 Å². The minimum Gasteiger partial charge on any atom is -0.253 e. The summed E-state index contributed by atoms with van der Waals surface area (Å²) in [6.45, 7) is 2.64. The molecule has 1 saturated carbocycles. The largest absolute Gasteiger partial charge is 0.253 e. The van der Waals surface area contributed by atoms with E-state index in [2.05, 4.69) is 10.1 Å². The van der Waals surface area contributed by atoms with Crippen LogP contribution in [0.4, 0.5) is 0 Å². The minimum absolute atomic E-state index is 0.0698. The molecule has 1 aromatic heterocycles. The number of hydrogen-bond donors (Lipinski definition) is 0. The molecular formula is C15H19N3O2S. The number of aryl methyl sites for hydroxylation is 1. The van der Waals surface area contributed by atoms with Gasteiger partial charge >= 0.3 is 0 Å². The summed E-state index contributed by atoms with van der Waals surface area (Å²) in [6.07, 6.45) is 3.90. The number of hydrogen-bond acceptors (Lipinski definition) is 4. The molecule has 6 heteroatoms. The topological polar surface area (TPSA) is 64.8 Å². The molecule has 1 aromatic carbocycles. The van der Waals surface area contributed by atoms with Crippen LogP contribution in [0.15, 0.2) is 30.6 Å². The summed E-state index contributed by atoms with van der Waals surface area (Å²) in [6, 6.07) is 7.85. The van der Waals surface area contributed by atoms with Crippen molar-refractivity contribution in [1.82, 2.24) is 14.8 Å².